The Kier molecular flexibility index (Phi) is 10.0. The number of hydrogen-bond donors (Lipinski definition) is 2. The zero-order valence-electron chi connectivity index (χ0n) is 23.0. The first kappa shape index (κ1) is 29.6. The highest BCUT2D eigenvalue weighted by Crippen LogP contribution is 2.21. The van der Waals surface area contributed by atoms with Crippen LogP contribution in [0.5, 0.6) is 0 Å². The average Bonchev–Trinajstić information content (AvgIpc) is 3.55. The fourth-order valence-corrected chi connectivity index (χ4v) is 4.53. The fraction of sp³-hybridized carbons (Fsp3) is 0.556. The number of carbonyl (C=O) groups is 4. The summed E-state index contributed by atoms with van der Waals surface area (Å²) in [5, 5.41) is 9.36. The van der Waals surface area contributed by atoms with Crippen molar-refractivity contribution >= 4 is 23.7 Å². The molecule has 2 heterocycles. The minimum absolute atomic E-state index is 0.230. The normalized spacial score (nSPS) is 16.7. The second-order valence-corrected chi connectivity index (χ2v) is 10.3. The second kappa shape index (κ2) is 13.2. The molecule has 2 aromatic rings. The number of ether oxygens (including phenoxy) is 1. The Bertz CT molecular complexity index is 1220. The Morgan fingerprint density at radius 2 is 1.72 bits per heavy atom. The van der Waals surface area contributed by atoms with Gasteiger partial charge < -0.3 is 24.7 Å². The summed E-state index contributed by atoms with van der Waals surface area (Å²) in [4.78, 5) is 65.4. The standard InChI is InChI=1S/C27H37N5O7/c1-16(2)20(22(33)24-30-32(27(37)39-24)15-13-18-10-7-6-8-11-18)28-23(34)19-12-9-14-31(19)25(35)21(17(3)4)29-26(36)38-5/h6-8,10-11,16-17,19-21H,9,12-15H2,1-5H3,(H,28,34)(H,29,36)/t19-,20-,21-/m0/s1. The number of carbonyl (C=O) groups excluding carboxylic acids is 4. The van der Waals surface area contributed by atoms with Crippen LogP contribution in [-0.4, -0.2) is 70.2 Å². The Hall–Kier alpha value is -3.96. The maximum Gasteiger partial charge on any atom is 0.437 e. The van der Waals surface area contributed by atoms with E-state index in [0.29, 0.717) is 25.8 Å². The molecular formula is C27H37N5O7. The van der Waals surface area contributed by atoms with E-state index in [4.69, 9.17) is 4.42 Å². The number of rotatable bonds is 11. The number of aryl methyl sites for hydroxylation is 2. The molecule has 212 valence electrons. The molecule has 0 aliphatic carbocycles. The number of methoxy groups -OCH3 is 1. The molecule has 1 aliphatic rings. The molecule has 12 nitrogen and oxygen atoms in total. The third kappa shape index (κ3) is 7.33. The number of alkyl carbamates (subject to hydrolysis) is 1. The van der Waals surface area contributed by atoms with Crippen molar-refractivity contribution in [3.63, 3.8) is 0 Å². The maximum atomic E-state index is 13.3. The Morgan fingerprint density at radius 3 is 2.33 bits per heavy atom. The van der Waals surface area contributed by atoms with Gasteiger partial charge in [0.15, 0.2) is 0 Å². The largest absolute Gasteiger partial charge is 0.453 e. The van der Waals surface area contributed by atoms with E-state index in [1.165, 1.54) is 12.0 Å². The summed E-state index contributed by atoms with van der Waals surface area (Å²) >= 11 is 0. The van der Waals surface area contributed by atoms with E-state index in [1.54, 1.807) is 27.7 Å². The van der Waals surface area contributed by atoms with Crippen LogP contribution in [0.2, 0.25) is 0 Å². The first-order valence-corrected chi connectivity index (χ1v) is 13.1. The summed E-state index contributed by atoms with van der Waals surface area (Å²) in [6, 6.07) is 6.81. The lowest BCUT2D eigenvalue weighted by Crippen LogP contribution is -2.57. The number of likely N-dealkylation sites (tertiary alicyclic amines) is 1. The van der Waals surface area contributed by atoms with E-state index in [0.717, 1.165) is 10.2 Å². The molecule has 0 spiro atoms. The zero-order chi connectivity index (χ0) is 28.7. The smallest absolute Gasteiger partial charge is 0.437 e. The van der Waals surface area contributed by atoms with Crippen molar-refractivity contribution in [2.45, 2.75) is 71.6 Å². The molecule has 2 N–H and O–H groups in total. The van der Waals surface area contributed by atoms with E-state index >= 15 is 0 Å². The summed E-state index contributed by atoms with van der Waals surface area (Å²) < 4.78 is 10.9. The van der Waals surface area contributed by atoms with Crippen molar-refractivity contribution < 1.29 is 28.3 Å². The highest BCUT2D eigenvalue weighted by molar-refractivity contribution is 6.00. The predicted octanol–water partition coefficient (Wildman–Crippen LogP) is 1.77. The van der Waals surface area contributed by atoms with Gasteiger partial charge in [0.2, 0.25) is 17.6 Å². The van der Waals surface area contributed by atoms with Crippen molar-refractivity contribution in [1.29, 1.82) is 0 Å². The van der Waals surface area contributed by atoms with Crippen LogP contribution in [0, 0.1) is 11.8 Å². The van der Waals surface area contributed by atoms with Gasteiger partial charge in [0.05, 0.1) is 19.7 Å². The van der Waals surface area contributed by atoms with Gasteiger partial charge in [-0.1, -0.05) is 58.0 Å². The van der Waals surface area contributed by atoms with E-state index in [1.807, 2.05) is 30.3 Å². The number of Topliss-reactive ketones (excluding diaryl/α,β-unsaturated/α-hetero) is 1. The van der Waals surface area contributed by atoms with Gasteiger partial charge in [-0.2, -0.15) is 4.68 Å². The lowest BCUT2D eigenvalue weighted by molar-refractivity contribution is -0.141. The molecule has 1 saturated heterocycles. The van der Waals surface area contributed by atoms with Crippen molar-refractivity contribution in [3.8, 4) is 0 Å². The zero-order valence-corrected chi connectivity index (χ0v) is 23.0. The van der Waals surface area contributed by atoms with Crippen LogP contribution in [0.25, 0.3) is 0 Å². The highest BCUT2D eigenvalue weighted by atomic mass is 16.5. The van der Waals surface area contributed by atoms with E-state index in [-0.39, 0.29) is 24.3 Å². The minimum Gasteiger partial charge on any atom is -0.453 e. The molecule has 3 atom stereocenters. The summed E-state index contributed by atoms with van der Waals surface area (Å²) in [5.41, 5.74) is 1.00. The molecule has 12 heteroatoms. The van der Waals surface area contributed by atoms with Crippen LogP contribution < -0.4 is 16.4 Å². The molecule has 1 aromatic carbocycles. The molecule has 0 saturated carbocycles. The quantitative estimate of drug-likeness (QED) is 0.407. The van der Waals surface area contributed by atoms with Gasteiger partial charge >= 0.3 is 11.8 Å². The number of hydrogen-bond acceptors (Lipinski definition) is 8. The van der Waals surface area contributed by atoms with Crippen LogP contribution in [0.15, 0.2) is 39.5 Å². The number of aromatic nitrogens is 2. The van der Waals surface area contributed by atoms with Crippen molar-refractivity contribution in [1.82, 2.24) is 25.3 Å². The van der Waals surface area contributed by atoms with Crippen LogP contribution in [0.4, 0.5) is 4.79 Å². The lowest BCUT2D eigenvalue weighted by atomic mass is 9.98. The first-order chi connectivity index (χ1) is 18.5. The van der Waals surface area contributed by atoms with Crippen molar-refractivity contribution in [2.24, 2.45) is 11.8 Å². The molecule has 1 fully saturated rings. The monoisotopic (exact) mass is 543 g/mol. The maximum absolute atomic E-state index is 13.3. The third-order valence-electron chi connectivity index (χ3n) is 6.75. The summed E-state index contributed by atoms with van der Waals surface area (Å²) in [7, 11) is 1.21. The molecule has 39 heavy (non-hydrogen) atoms. The van der Waals surface area contributed by atoms with Crippen molar-refractivity contribution in [3.05, 3.63) is 52.3 Å². The van der Waals surface area contributed by atoms with Crippen molar-refractivity contribution in [2.75, 3.05) is 13.7 Å². The summed E-state index contributed by atoms with van der Waals surface area (Å²) in [6.07, 6.45) is 0.785. The molecule has 1 aromatic heterocycles. The number of amides is 3. The van der Waals surface area contributed by atoms with Crippen LogP contribution in [0.1, 0.15) is 56.8 Å². The Labute approximate surface area is 227 Å². The lowest BCUT2D eigenvalue weighted by Gasteiger charge is -2.31. The number of ketones is 1. The van der Waals surface area contributed by atoms with Gasteiger partial charge in [-0.05, 0) is 36.7 Å². The topological polar surface area (TPSA) is 153 Å². The van der Waals surface area contributed by atoms with Gasteiger partial charge in [-0.15, -0.1) is 5.10 Å². The van der Waals surface area contributed by atoms with Crippen LogP contribution in [0.3, 0.4) is 0 Å². The molecule has 1 aliphatic heterocycles. The molecule has 3 rings (SSSR count). The van der Waals surface area contributed by atoms with Crippen LogP contribution in [-0.2, 0) is 27.3 Å². The second-order valence-electron chi connectivity index (χ2n) is 10.3. The predicted molar refractivity (Wildman–Crippen MR) is 141 cm³/mol. The minimum atomic E-state index is -1.02. The number of nitrogens with zero attached hydrogens (tertiary/aromatic N) is 3. The number of nitrogens with one attached hydrogen (secondary N) is 2. The molecular weight excluding hydrogens is 506 g/mol. The number of benzene rings is 1. The van der Waals surface area contributed by atoms with Gasteiger partial charge in [-0.3, -0.25) is 14.4 Å². The Morgan fingerprint density at radius 1 is 1.05 bits per heavy atom. The summed E-state index contributed by atoms with van der Waals surface area (Å²) in [5.74, 6) is -3.26. The SMILES string of the molecule is COC(=O)N[C@H](C(=O)N1CCC[C@H]1C(=O)N[C@H](C(=O)c1nn(CCc2ccccc2)c(=O)o1)C(C)C)C(C)C. The van der Waals surface area contributed by atoms with Gasteiger partial charge in [0, 0.05) is 6.54 Å². The average molecular weight is 544 g/mol. The van der Waals surface area contributed by atoms with Crippen LogP contribution >= 0.6 is 0 Å². The Balaban J connectivity index is 1.71. The molecule has 0 bridgehead atoms. The fourth-order valence-electron chi connectivity index (χ4n) is 4.53. The van der Waals surface area contributed by atoms with Gasteiger partial charge in [-0.25, -0.2) is 9.59 Å². The van der Waals surface area contributed by atoms with Gasteiger partial charge in [0.1, 0.15) is 12.1 Å². The van der Waals surface area contributed by atoms with E-state index < -0.39 is 47.6 Å². The first-order valence-electron chi connectivity index (χ1n) is 13.1. The summed E-state index contributed by atoms with van der Waals surface area (Å²) in [6.45, 7) is 7.63. The van der Waals surface area contributed by atoms with E-state index in [2.05, 4.69) is 20.5 Å². The van der Waals surface area contributed by atoms with E-state index in [9.17, 15) is 24.0 Å². The third-order valence-corrected chi connectivity index (χ3v) is 6.75. The van der Waals surface area contributed by atoms with Gasteiger partial charge in [0.25, 0.3) is 5.89 Å². The molecule has 3 amide bonds. The molecule has 0 unspecified atom stereocenters. The highest BCUT2D eigenvalue weighted by Gasteiger charge is 2.40. The molecule has 0 radical (unpaired) electrons.